The second-order valence-corrected chi connectivity index (χ2v) is 4.94. The second-order valence-electron chi connectivity index (χ2n) is 4.94. The van der Waals surface area contributed by atoms with Gasteiger partial charge in [-0.3, -0.25) is 9.78 Å². The van der Waals surface area contributed by atoms with Gasteiger partial charge in [-0.05, 0) is 43.3 Å². The summed E-state index contributed by atoms with van der Waals surface area (Å²) in [4.78, 5) is 20.7. The van der Waals surface area contributed by atoms with Gasteiger partial charge in [0.1, 0.15) is 11.4 Å². The molecule has 6 heteroatoms. The zero-order valence-electron chi connectivity index (χ0n) is 13.1. The van der Waals surface area contributed by atoms with E-state index in [9.17, 15) is 4.79 Å². The number of ether oxygens (including phenoxy) is 1. The highest BCUT2D eigenvalue weighted by molar-refractivity contribution is 5.95. The molecule has 0 saturated heterocycles. The SMILES string of the molecule is CCOc1ccc(C(=O)N/N=C\c2cnc3ccccc3n2)cc1. The van der Waals surface area contributed by atoms with Crippen LogP contribution in [-0.2, 0) is 0 Å². The van der Waals surface area contributed by atoms with Crippen LogP contribution in [0.2, 0.25) is 0 Å². The Bertz CT molecular complexity index is 876. The Morgan fingerprint density at radius 1 is 1.17 bits per heavy atom. The molecular formula is C18H16N4O2. The summed E-state index contributed by atoms with van der Waals surface area (Å²) >= 11 is 0. The van der Waals surface area contributed by atoms with Gasteiger partial charge >= 0.3 is 0 Å². The molecule has 1 aromatic heterocycles. The van der Waals surface area contributed by atoms with E-state index in [1.807, 2.05) is 31.2 Å². The predicted molar refractivity (Wildman–Crippen MR) is 92.2 cm³/mol. The fourth-order valence-corrected chi connectivity index (χ4v) is 2.12. The van der Waals surface area contributed by atoms with Crippen molar-refractivity contribution < 1.29 is 9.53 Å². The molecule has 0 fully saturated rings. The Labute approximate surface area is 139 Å². The smallest absolute Gasteiger partial charge is 0.271 e. The number of fused-ring (bicyclic) bond motifs is 1. The Morgan fingerprint density at radius 3 is 2.67 bits per heavy atom. The highest BCUT2D eigenvalue weighted by Crippen LogP contribution is 2.12. The van der Waals surface area contributed by atoms with Gasteiger partial charge in [0.25, 0.3) is 5.91 Å². The van der Waals surface area contributed by atoms with E-state index in [-0.39, 0.29) is 5.91 Å². The molecule has 0 aliphatic heterocycles. The van der Waals surface area contributed by atoms with Crippen molar-refractivity contribution in [3.05, 3.63) is 66.0 Å². The molecule has 0 aliphatic rings. The molecular weight excluding hydrogens is 304 g/mol. The molecule has 24 heavy (non-hydrogen) atoms. The molecule has 0 atom stereocenters. The van der Waals surface area contributed by atoms with E-state index in [2.05, 4.69) is 20.5 Å². The number of para-hydroxylation sites is 2. The quantitative estimate of drug-likeness (QED) is 0.579. The van der Waals surface area contributed by atoms with Crippen LogP contribution in [0.1, 0.15) is 23.0 Å². The van der Waals surface area contributed by atoms with Gasteiger partial charge in [-0.15, -0.1) is 0 Å². The lowest BCUT2D eigenvalue weighted by atomic mass is 10.2. The number of amides is 1. The predicted octanol–water partition coefficient (Wildman–Crippen LogP) is 2.79. The van der Waals surface area contributed by atoms with Crippen LogP contribution in [0.5, 0.6) is 5.75 Å². The summed E-state index contributed by atoms with van der Waals surface area (Å²) in [7, 11) is 0. The van der Waals surface area contributed by atoms with Crippen molar-refractivity contribution in [1.82, 2.24) is 15.4 Å². The number of nitrogens with one attached hydrogen (secondary N) is 1. The normalized spacial score (nSPS) is 10.9. The molecule has 3 rings (SSSR count). The summed E-state index contributed by atoms with van der Waals surface area (Å²) in [6.07, 6.45) is 3.07. The van der Waals surface area contributed by atoms with Gasteiger partial charge in [0.05, 0.1) is 30.1 Å². The van der Waals surface area contributed by atoms with Crippen LogP contribution >= 0.6 is 0 Å². The van der Waals surface area contributed by atoms with Crippen LogP contribution in [-0.4, -0.2) is 28.7 Å². The Balaban J connectivity index is 1.64. The largest absolute Gasteiger partial charge is 0.494 e. The van der Waals surface area contributed by atoms with E-state index in [4.69, 9.17) is 4.74 Å². The van der Waals surface area contributed by atoms with Crippen LogP contribution in [0.4, 0.5) is 0 Å². The van der Waals surface area contributed by atoms with Crippen LogP contribution < -0.4 is 10.2 Å². The van der Waals surface area contributed by atoms with E-state index in [0.29, 0.717) is 17.9 Å². The maximum absolute atomic E-state index is 12.0. The van der Waals surface area contributed by atoms with Gasteiger partial charge in [-0.1, -0.05) is 12.1 Å². The number of carbonyl (C=O) groups excluding carboxylic acids is 1. The van der Waals surface area contributed by atoms with E-state index in [1.165, 1.54) is 6.21 Å². The van der Waals surface area contributed by atoms with Crippen LogP contribution in [0.3, 0.4) is 0 Å². The van der Waals surface area contributed by atoms with Crippen molar-refractivity contribution in [3.8, 4) is 5.75 Å². The molecule has 0 unspecified atom stereocenters. The maximum Gasteiger partial charge on any atom is 0.271 e. The minimum atomic E-state index is -0.303. The minimum Gasteiger partial charge on any atom is -0.494 e. The van der Waals surface area contributed by atoms with Crippen molar-refractivity contribution in [3.63, 3.8) is 0 Å². The highest BCUT2D eigenvalue weighted by atomic mass is 16.5. The molecule has 0 bridgehead atoms. The standard InChI is InChI=1S/C18H16N4O2/c1-2-24-15-9-7-13(8-10-15)18(23)22-20-12-14-11-19-16-5-3-4-6-17(16)21-14/h3-12H,2H2,1H3,(H,22,23)/b20-12-. The third-order valence-corrected chi connectivity index (χ3v) is 3.26. The first-order valence-corrected chi connectivity index (χ1v) is 7.54. The summed E-state index contributed by atoms with van der Waals surface area (Å²) < 4.78 is 5.34. The topological polar surface area (TPSA) is 76.5 Å². The van der Waals surface area contributed by atoms with Crippen molar-refractivity contribution in [2.45, 2.75) is 6.92 Å². The summed E-state index contributed by atoms with van der Waals surface area (Å²) in [5.41, 5.74) is 5.13. The summed E-state index contributed by atoms with van der Waals surface area (Å²) in [5.74, 6) is 0.423. The van der Waals surface area contributed by atoms with Crippen LogP contribution in [0, 0.1) is 0 Å². The molecule has 3 aromatic rings. The first-order valence-electron chi connectivity index (χ1n) is 7.54. The number of rotatable bonds is 5. The van der Waals surface area contributed by atoms with Crippen LogP contribution in [0.15, 0.2) is 59.8 Å². The molecule has 120 valence electrons. The maximum atomic E-state index is 12.0. The average molecular weight is 320 g/mol. The third kappa shape index (κ3) is 3.73. The number of aromatic nitrogens is 2. The van der Waals surface area contributed by atoms with Gasteiger partial charge in [0, 0.05) is 5.56 Å². The van der Waals surface area contributed by atoms with Crippen molar-refractivity contribution in [2.75, 3.05) is 6.61 Å². The van der Waals surface area contributed by atoms with Crippen molar-refractivity contribution in [1.29, 1.82) is 0 Å². The molecule has 0 spiro atoms. The van der Waals surface area contributed by atoms with Crippen molar-refractivity contribution >= 4 is 23.2 Å². The monoisotopic (exact) mass is 320 g/mol. The zero-order chi connectivity index (χ0) is 16.8. The second kappa shape index (κ2) is 7.32. The minimum absolute atomic E-state index is 0.303. The molecule has 0 aliphatic carbocycles. The van der Waals surface area contributed by atoms with Gasteiger partial charge < -0.3 is 4.74 Å². The Kier molecular flexibility index (Phi) is 4.76. The Hall–Kier alpha value is -3.28. The summed E-state index contributed by atoms with van der Waals surface area (Å²) in [5, 5.41) is 3.93. The van der Waals surface area contributed by atoms with Crippen molar-refractivity contribution in [2.24, 2.45) is 5.10 Å². The number of hydrazone groups is 1. The lowest BCUT2D eigenvalue weighted by Crippen LogP contribution is -2.17. The van der Waals surface area contributed by atoms with Gasteiger partial charge in [0.15, 0.2) is 0 Å². The van der Waals surface area contributed by atoms with Gasteiger partial charge in [0.2, 0.25) is 0 Å². The number of hydrogen-bond donors (Lipinski definition) is 1. The molecule has 1 amide bonds. The summed E-state index contributed by atoms with van der Waals surface area (Å²) in [6, 6.07) is 14.4. The molecule has 1 N–H and O–H groups in total. The number of benzene rings is 2. The van der Waals surface area contributed by atoms with Crippen LogP contribution in [0.25, 0.3) is 11.0 Å². The number of carbonyl (C=O) groups is 1. The summed E-state index contributed by atoms with van der Waals surface area (Å²) in [6.45, 7) is 2.49. The van der Waals surface area contributed by atoms with E-state index >= 15 is 0 Å². The number of nitrogens with zero attached hydrogens (tertiary/aromatic N) is 3. The Morgan fingerprint density at radius 2 is 1.92 bits per heavy atom. The van der Waals surface area contributed by atoms with Gasteiger partial charge in [-0.2, -0.15) is 5.10 Å². The fourth-order valence-electron chi connectivity index (χ4n) is 2.12. The van der Waals surface area contributed by atoms with E-state index < -0.39 is 0 Å². The molecule has 0 saturated carbocycles. The average Bonchev–Trinajstić information content (AvgIpc) is 2.62. The molecule has 1 heterocycles. The number of hydrogen-bond acceptors (Lipinski definition) is 5. The highest BCUT2D eigenvalue weighted by Gasteiger charge is 2.04. The molecule has 6 nitrogen and oxygen atoms in total. The van der Waals surface area contributed by atoms with E-state index in [0.717, 1.165) is 16.8 Å². The fraction of sp³-hybridized carbons (Fsp3) is 0.111. The third-order valence-electron chi connectivity index (χ3n) is 3.26. The molecule has 2 aromatic carbocycles. The first kappa shape index (κ1) is 15.6. The lowest BCUT2D eigenvalue weighted by Gasteiger charge is -2.04. The lowest BCUT2D eigenvalue weighted by molar-refractivity contribution is 0.0955. The molecule has 0 radical (unpaired) electrons. The zero-order valence-corrected chi connectivity index (χ0v) is 13.1. The van der Waals surface area contributed by atoms with Gasteiger partial charge in [-0.25, -0.2) is 10.4 Å². The first-order chi connectivity index (χ1) is 11.8. The van der Waals surface area contributed by atoms with E-state index in [1.54, 1.807) is 30.5 Å².